The molecule has 2 heterocycles. The quantitative estimate of drug-likeness (QED) is 0.181. The summed E-state index contributed by atoms with van der Waals surface area (Å²) in [5.41, 5.74) is 7.53. The summed E-state index contributed by atoms with van der Waals surface area (Å²) in [7, 11) is 1.67. The maximum atomic E-state index is 9.77. The number of ether oxygens (including phenoxy) is 1. The number of aromatic nitrogens is 4. The molecule has 0 saturated carbocycles. The fourth-order valence-electron chi connectivity index (χ4n) is 6.21. The van der Waals surface area contributed by atoms with E-state index in [0.717, 1.165) is 61.3 Å². The van der Waals surface area contributed by atoms with E-state index in [0.29, 0.717) is 17.6 Å². The van der Waals surface area contributed by atoms with E-state index in [1.807, 2.05) is 103 Å². The predicted octanol–water partition coefficient (Wildman–Crippen LogP) is 9.27. The molecule has 232 valence electrons. The molecule has 0 aliphatic heterocycles. The van der Waals surface area contributed by atoms with Crippen LogP contribution < -0.4 is 9.64 Å². The first-order chi connectivity index (χ1) is 23.7. The Kier molecular flexibility index (Phi) is 7.57. The summed E-state index contributed by atoms with van der Waals surface area (Å²) in [6.45, 7) is -0.0201. The molecule has 0 amide bonds. The van der Waals surface area contributed by atoms with Gasteiger partial charge in [-0.25, -0.2) is 4.98 Å². The van der Waals surface area contributed by atoms with Gasteiger partial charge in [-0.2, -0.15) is 9.97 Å². The van der Waals surface area contributed by atoms with Gasteiger partial charge in [0.05, 0.1) is 30.4 Å². The molecule has 8 aromatic rings. The fourth-order valence-corrected chi connectivity index (χ4v) is 6.21. The highest BCUT2D eigenvalue weighted by molar-refractivity contribution is 6.16. The highest BCUT2D eigenvalue weighted by Gasteiger charge is 2.23. The maximum absolute atomic E-state index is 9.77. The van der Waals surface area contributed by atoms with Crippen molar-refractivity contribution in [3.8, 4) is 34.5 Å². The summed E-state index contributed by atoms with van der Waals surface area (Å²) in [5.74, 6) is 2.52. The number of hydrogen-bond acceptors (Lipinski definition) is 6. The summed E-state index contributed by atoms with van der Waals surface area (Å²) in [6.07, 6.45) is 0. The zero-order valence-corrected chi connectivity index (χ0v) is 26.2. The van der Waals surface area contributed by atoms with E-state index in [-0.39, 0.29) is 6.61 Å². The molecule has 0 radical (unpaired) electrons. The molecule has 0 fully saturated rings. The largest absolute Gasteiger partial charge is 0.497 e. The average Bonchev–Trinajstić information content (AvgIpc) is 3.51. The van der Waals surface area contributed by atoms with Crippen LogP contribution in [-0.4, -0.2) is 31.7 Å². The number of benzene rings is 6. The van der Waals surface area contributed by atoms with Crippen molar-refractivity contribution in [2.75, 3.05) is 12.0 Å². The molecule has 7 heteroatoms. The monoisotopic (exact) mass is 625 g/mol. The van der Waals surface area contributed by atoms with Gasteiger partial charge in [0.1, 0.15) is 5.75 Å². The van der Waals surface area contributed by atoms with E-state index >= 15 is 0 Å². The van der Waals surface area contributed by atoms with Gasteiger partial charge in [-0.15, -0.1) is 0 Å². The number of nitrogens with zero attached hydrogens (tertiary/aromatic N) is 5. The van der Waals surface area contributed by atoms with Crippen LogP contribution in [0.3, 0.4) is 0 Å². The third kappa shape index (κ3) is 5.22. The van der Waals surface area contributed by atoms with E-state index in [4.69, 9.17) is 19.7 Å². The molecule has 6 aromatic carbocycles. The molecule has 0 atom stereocenters. The number of methoxy groups -OCH3 is 1. The highest BCUT2D eigenvalue weighted by atomic mass is 16.5. The Morgan fingerprint density at radius 3 is 1.75 bits per heavy atom. The van der Waals surface area contributed by atoms with Gasteiger partial charge in [0.2, 0.25) is 5.95 Å². The van der Waals surface area contributed by atoms with Gasteiger partial charge in [-0.3, -0.25) is 4.57 Å². The maximum Gasteiger partial charge on any atom is 0.238 e. The van der Waals surface area contributed by atoms with Gasteiger partial charge in [0.25, 0.3) is 0 Å². The van der Waals surface area contributed by atoms with Crippen LogP contribution in [0.2, 0.25) is 0 Å². The van der Waals surface area contributed by atoms with E-state index in [2.05, 4.69) is 58.0 Å². The van der Waals surface area contributed by atoms with E-state index in [1.165, 1.54) is 0 Å². The predicted molar refractivity (Wildman–Crippen MR) is 192 cm³/mol. The topological polar surface area (TPSA) is 76.3 Å². The summed E-state index contributed by atoms with van der Waals surface area (Å²) in [6, 6.07) is 50.8. The van der Waals surface area contributed by atoms with Gasteiger partial charge >= 0.3 is 0 Å². The van der Waals surface area contributed by atoms with Crippen LogP contribution in [0.1, 0.15) is 5.56 Å². The van der Waals surface area contributed by atoms with Crippen LogP contribution in [0.4, 0.5) is 17.1 Å². The molecule has 0 unspecified atom stereocenters. The first kappa shape index (κ1) is 29.1. The molecular formula is C41H31N5O2. The average molecular weight is 626 g/mol. The highest BCUT2D eigenvalue weighted by Crippen LogP contribution is 2.44. The molecule has 2 aromatic heterocycles. The van der Waals surface area contributed by atoms with Crippen LogP contribution in [0, 0.1) is 0 Å². The minimum Gasteiger partial charge on any atom is -0.497 e. The second-order valence-electron chi connectivity index (χ2n) is 11.4. The number of fused-ring (bicyclic) bond motifs is 3. The van der Waals surface area contributed by atoms with Gasteiger partial charge < -0.3 is 14.7 Å². The van der Waals surface area contributed by atoms with Crippen LogP contribution in [0.15, 0.2) is 152 Å². The van der Waals surface area contributed by atoms with Crippen molar-refractivity contribution < 1.29 is 9.84 Å². The molecule has 0 aliphatic carbocycles. The summed E-state index contributed by atoms with van der Waals surface area (Å²) in [4.78, 5) is 17.3. The van der Waals surface area contributed by atoms with Crippen molar-refractivity contribution in [3.63, 3.8) is 0 Å². The molecule has 0 bridgehead atoms. The molecule has 7 nitrogen and oxygen atoms in total. The van der Waals surface area contributed by atoms with Crippen molar-refractivity contribution in [1.29, 1.82) is 0 Å². The Hall–Kier alpha value is -6.31. The molecule has 8 rings (SSSR count). The van der Waals surface area contributed by atoms with Crippen molar-refractivity contribution in [2.45, 2.75) is 6.61 Å². The lowest BCUT2D eigenvalue weighted by atomic mass is 10.1. The minimum absolute atomic E-state index is 0.0201. The summed E-state index contributed by atoms with van der Waals surface area (Å²) in [5, 5.41) is 11.9. The Balaban J connectivity index is 1.41. The zero-order valence-electron chi connectivity index (χ0n) is 26.2. The van der Waals surface area contributed by atoms with E-state index < -0.39 is 0 Å². The molecular weight excluding hydrogens is 594 g/mol. The van der Waals surface area contributed by atoms with Gasteiger partial charge in [-0.05, 0) is 60.2 Å². The van der Waals surface area contributed by atoms with Crippen molar-refractivity contribution in [1.82, 2.24) is 19.5 Å². The number of aliphatic hydroxyl groups is 1. The lowest BCUT2D eigenvalue weighted by Gasteiger charge is -2.27. The van der Waals surface area contributed by atoms with Crippen molar-refractivity contribution >= 4 is 38.9 Å². The van der Waals surface area contributed by atoms with Crippen molar-refractivity contribution in [2.24, 2.45) is 0 Å². The summed E-state index contributed by atoms with van der Waals surface area (Å²) < 4.78 is 7.62. The van der Waals surface area contributed by atoms with Crippen LogP contribution in [0.5, 0.6) is 5.75 Å². The lowest BCUT2D eigenvalue weighted by Crippen LogP contribution is -2.11. The molecule has 1 N–H and O–H groups in total. The zero-order chi connectivity index (χ0) is 32.5. The minimum atomic E-state index is -0.0201. The lowest BCUT2D eigenvalue weighted by molar-refractivity contribution is 0.282. The van der Waals surface area contributed by atoms with Crippen LogP contribution in [0.25, 0.3) is 50.5 Å². The third-order valence-electron chi connectivity index (χ3n) is 8.51. The van der Waals surface area contributed by atoms with Crippen LogP contribution in [-0.2, 0) is 6.61 Å². The first-order valence-electron chi connectivity index (χ1n) is 15.8. The van der Waals surface area contributed by atoms with Gasteiger partial charge in [0.15, 0.2) is 11.6 Å². The Morgan fingerprint density at radius 2 is 1.15 bits per heavy atom. The molecule has 0 spiro atoms. The number of rotatable bonds is 8. The molecule has 48 heavy (non-hydrogen) atoms. The molecule has 0 saturated heterocycles. The number of anilines is 3. The third-order valence-corrected chi connectivity index (χ3v) is 8.51. The van der Waals surface area contributed by atoms with Gasteiger partial charge in [-0.1, -0.05) is 97.1 Å². The Bertz CT molecular complexity index is 2250. The second-order valence-corrected chi connectivity index (χ2v) is 11.4. The van der Waals surface area contributed by atoms with E-state index in [9.17, 15) is 5.11 Å². The molecule has 0 aliphatic rings. The Morgan fingerprint density at radius 1 is 0.583 bits per heavy atom. The normalized spacial score (nSPS) is 11.2. The van der Waals surface area contributed by atoms with E-state index in [1.54, 1.807) is 7.11 Å². The Labute approximate surface area is 278 Å². The number of para-hydroxylation sites is 1. The van der Waals surface area contributed by atoms with Crippen molar-refractivity contribution in [3.05, 3.63) is 157 Å². The smallest absolute Gasteiger partial charge is 0.238 e. The van der Waals surface area contributed by atoms with Crippen LogP contribution >= 0.6 is 0 Å². The number of hydrogen-bond donors (Lipinski definition) is 1. The standard InChI is InChI=1S/C41H31N5O2/c1-48-33-25-23-32(24-26-33)45(31-21-19-28(27-47)20-22-31)36-17-10-18-37-38(36)34-15-8-9-16-35(34)46(37)41-43-39(29-11-4-2-5-12-29)42-40(44-41)30-13-6-3-7-14-30/h2-26,47H,27H2,1H3. The second kappa shape index (κ2) is 12.5. The SMILES string of the molecule is COc1ccc(N(c2ccc(CO)cc2)c2cccc3c2c2ccccc2n3-c2nc(-c3ccccc3)nc(-c3ccccc3)n2)cc1. The number of aliphatic hydroxyl groups excluding tert-OH is 1. The van der Waals surface area contributed by atoms with Gasteiger partial charge in [0, 0.05) is 33.3 Å². The summed E-state index contributed by atoms with van der Waals surface area (Å²) >= 11 is 0. The first-order valence-corrected chi connectivity index (χ1v) is 15.8. The fraction of sp³-hybridized carbons (Fsp3) is 0.0488.